The molecule has 0 unspecified atom stereocenters. The van der Waals surface area contributed by atoms with Crippen molar-refractivity contribution in [1.29, 1.82) is 0 Å². The SMILES string of the molecule is CNCCNC(=O)c1cc(Cl)c(I)cc1OC. The van der Waals surface area contributed by atoms with Crippen LogP contribution in [0, 0.1) is 3.57 Å². The van der Waals surface area contributed by atoms with E-state index in [0.717, 1.165) is 3.57 Å². The van der Waals surface area contributed by atoms with Gasteiger partial charge in [0.05, 0.1) is 17.7 Å². The average molecular weight is 369 g/mol. The Bertz CT molecular complexity index is 413. The third-order valence-corrected chi connectivity index (χ3v) is 3.67. The number of hydrogen-bond acceptors (Lipinski definition) is 3. The molecule has 2 N–H and O–H groups in total. The molecular formula is C11H14ClIN2O2. The van der Waals surface area contributed by atoms with Gasteiger partial charge in [-0.05, 0) is 41.8 Å². The topological polar surface area (TPSA) is 50.4 Å². The maximum Gasteiger partial charge on any atom is 0.255 e. The second kappa shape index (κ2) is 7.03. The Morgan fingerprint density at radius 2 is 2.18 bits per heavy atom. The molecular weight excluding hydrogens is 354 g/mol. The van der Waals surface area contributed by atoms with E-state index >= 15 is 0 Å². The van der Waals surface area contributed by atoms with Gasteiger partial charge in [0.1, 0.15) is 5.75 Å². The molecule has 0 atom stereocenters. The maximum atomic E-state index is 11.9. The lowest BCUT2D eigenvalue weighted by Gasteiger charge is -2.10. The van der Waals surface area contributed by atoms with Gasteiger partial charge in [0.15, 0.2) is 0 Å². The lowest BCUT2D eigenvalue weighted by Crippen LogP contribution is -2.30. The average Bonchev–Trinajstić information content (AvgIpc) is 2.32. The summed E-state index contributed by atoms with van der Waals surface area (Å²) in [5, 5.41) is 6.28. The number of hydrogen-bond donors (Lipinski definition) is 2. The van der Waals surface area contributed by atoms with Gasteiger partial charge < -0.3 is 15.4 Å². The van der Waals surface area contributed by atoms with Gasteiger partial charge in [-0.25, -0.2) is 0 Å². The van der Waals surface area contributed by atoms with Crippen molar-refractivity contribution < 1.29 is 9.53 Å². The highest BCUT2D eigenvalue weighted by atomic mass is 127. The van der Waals surface area contributed by atoms with E-state index in [-0.39, 0.29) is 5.91 Å². The molecule has 0 spiro atoms. The first kappa shape index (κ1) is 14.5. The number of nitrogens with one attached hydrogen (secondary N) is 2. The summed E-state index contributed by atoms with van der Waals surface area (Å²) in [6.07, 6.45) is 0. The number of benzene rings is 1. The third-order valence-electron chi connectivity index (χ3n) is 2.15. The predicted octanol–water partition coefficient (Wildman–Crippen LogP) is 1.90. The summed E-state index contributed by atoms with van der Waals surface area (Å²) in [6.45, 7) is 1.27. The number of ether oxygens (including phenoxy) is 1. The molecule has 0 fully saturated rings. The summed E-state index contributed by atoms with van der Waals surface area (Å²) in [7, 11) is 3.36. The molecule has 0 radical (unpaired) electrons. The van der Waals surface area contributed by atoms with Crippen LogP contribution < -0.4 is 15.4 Å². The summed E-state index contributed by atoms with van der Waals surface area (Å²) in [6, 6.07) is 3.37. The fourth-order valence-electron chi connectivity index (χ4n) is 1.27. The van der Waals surface area contributed by atoms with Gasteiger partial charge in [0.2, 0.25) is 0 Å². The van der Waals surface area contributed by atoms with Crippen LogP contribution in [0.15, 0.2) is 12.1 Å². The molecule has 0 bridgehead atoms. The fourth-order valence-corrected chi connectivity index (χ4v) is 1.87. The van der Waals surface area contributed by atoms with E-state index in [1.165, 1.54) is 7.11 Å². The highest BCUT2D eigenvalue weighted by Crippen LogP contribution is 2.28. The molecule has 1 aromatic rings. The van der Waals surface area contributed by atoms with Crippen LogP contribution in [0.5, 0.6) is 5.75 Å². The van der Waals surface area contributed by atoms with Gasteiger partial charge in [-0.2, -0.15) is 0 Å². The number of amides is 1. The number of rotatable bonds is 5. The van der Waals surface area contributed by atoms with E-state index in [0.29, 0.717) is 29.4 Å². The van der Waals surface area contributed by atoms with Crippen molar-refractivity contribution in [3.8, 4) is 5.75 Å². The summed E-state index contributed by atoms with van der Waals surface area (Å²) in [5.74, 6) is 0.344. The maximum absolute atomic E-state index is 11.9. The summed E-state index contributed by atoms with van der Waals surface area (Å²) < 4.78 is 6.02. The van der Waals surface area contributed by atoms with E-state index in [2.05, 4.69) is 33.2 Å². The quantitative estimate of drug-likeness (QED) is 0.616. The van der Waals surface area contributed by atoms with Gasteiger partial charge in [-0.1, -0.05) is 11.6 Å². The molecule has 0 aliphatic heterocycles. The molecule has 1 aromatic carbocycles. The second-order valence-corrected chi connectivity index (χ2v) is 4.90. The third kappa shape index (κ3) is 4.01. The minimum absolute atomic E-state index is 0.185. The van der Waals surface area contributed by atoms with Gasteiger partial charge in [-0.15, -0.1) is 0 Å². The van der Waals surface area contributed by atoms with Crippen molar-refractivity contribution in [3.63, 3.8) is 0 Å². The summed E-state index contributed by atoms with van der Waals surface area (Å²) in [4.78, 5) is 11.9. The molecule has 0 saturated carbocycles. The van der Waals surface area contributed by atoms with Crippen LogP contribution in [0.2, 0.25) is 5.02 Å². The van der Waals surface area contributed by atoms with Crippen LogP contribution in [0.25, 0.3) is 0 Å². The number of halogens is 2. The normalized spacial score (nSPS) is 10.1. The zero-order valence-electron chi connectivity index (χ0n) is 9.64. The van der Waals surface area contributed by atoms with Crippen LogP contribution in [0.1, 0.15) is 10.4 Å². The molecule has 1 rings (SSSR count). The molecule has 0 aliphatic carbocycles. The number of methoxy groups -OCH3 is 1. The van der Waals surface area contributed by atoms with Crippen LogP contribution in [0.3, 0.4) is 0 Å². The van der Waals surface area contributed by atoms with E-state index in [9.17, 15) is 4.79 Å². The van der Waals surface area contributed by atoms with Crippen LogP contribution in [-0.2, 0) is 0 Å². The van der Waals surface area contributed by atoms with Gasteiger partial charge >= 0.3 is 0 Å². The van der Waals surface area contributed by atoms with Crippen molar-refractivity contribution >= 4 is 40.1 Å². The van der Waals surface area contributed by atoms with E-state index in [1.807, 2.05) is 7.05 Å². The Kier molecular flexibility index (Phi) is 6.01. The van der Waals surface area contributed by atoms with Crippen molar-refractivity contribution in [3.05, 3.63) is 26.3 Å². The first-order valence-electron chi connectivity index (χ1n) is 5.06. The predicted molar refractivity (Wildman–Crippen MR) is 77.0 cm³/mol. The zero-order valence-corrected chi connectivity index (χ0v) is 12.6. The largest absolute Gasteiger partial charge is 0.496 e. The molecule has 6 heteroatoms. The Balaban J connectivity index is 2.88. The fraction of sp³-hybridized carbons (Fsp3) is 0.364. The molecule has 1 amide bonds. The van der Waals surface area contributed by atoms with Gasteiger partial charge in [0.25, 0.3) is 5.91 Å². The van der Waals surface area contributed by atoms with Crippen LogP contribution in [-0.4, -0.2) is 33.2 Å². The highest BCUT2D eigenvalue weighted by Gasteiger charge is 2.14. The number of likely N-dealkylation sites (N-methyl/N-ethyl adjacent to an activating group) is 1. The van der Waals surface area contributed by atoms with Crippen molar-refractivity contribution in [1.82, 2.24) is 10.6 Å². The Morgan fingerprint density at radius 1 is 1.47 bits per heavy atom. The molecule has 0 aromatic heterocycles. The Hall–Kier alpha value is -0.530. The number of carbonyl (C=O) groups is 1. The number of carbonyl (C=O) groups excluding carboxylic acids is 1. The monoisotopic (exact) mass is 368 g/mol. The van der Waals surface area contributed by atoms with E-state index < -0.39 is 0 Å². The molecule has 17 heavy (non-hydrogen) atoms. The second-order valence-electron chi connectivity index (χ2n) is 3.33. The summed E-state index contributed by atoms with van der Waals surface area (Å²) >= 11 is 8.09. The van der Waals surface area contributed by atoms with Crippen LogP contribution in [0.4, 0.5) is 0 Å². The Labute approximate surface area is 119 Å². The lowest BCUT2D eigenvalue weighted by molar-refractivity contribution is 0.0951. The molecule has 94 valence electrons. The van der Waals surface area contributed by atoms with Gasteiger partial charge in [-0.3, -0.25) is 4.79 Å². The highest BCUT2D eigenvalue weighted by molar-refractivity contribution is 14.1. The van der Waals surface area contributed by atoms with Crippen molar-refractivity contribution in [2.45, 2.75) is 0 Å². The minimum Gasteiger partial charge on any atom is -0.496 e. The van der Waals surface area contributed by atoms with Crippen molar-refractivity contribution in [2.24, 2.45) is 0 Å². The zero-order chi connectivity index (χ0) is 12.8. The molecule has 0 saturated heterocycles. The first-order valence-corrected chi connectivity index (χ1v) is 6.51. The molecule has 4 nitrogen and oxygen atoms in total. The summed E-state index contributed by atoms with van der Waals surface area (Å²) in [5.41, 5.74) is 0.453. The Morgan fingerprint density at radius 3 is 2.76 bits per heavy atom. The lowest BCUT2D eigenvalue weighted by atomic mass is 10.2. The standard InChI is InChI=1S/C11H14ClIN2O2/c1-14-3-4-15-11(16)7-5-8(12)9(13)6-10(7)17-2/h5-6,14H,3-4H2,1-2H3,(H,15,16). The van der Waals surface area contributed by atoms with Crippen LogP contribution >= 0.6 is 34.2 Å². The van der Waals surface area contributed by atoms with E-state index in [4.69, 9.17) is 16.3 Å². The smallest absolute Gasteiger partial charge is 0.255 e. The van der Waals surface area contributed by atoms with Crippen molar-refractivity contribution in [2.75, 3.05) is 27.2 Å². The first-order chi connectivity index (χ1) is 8.10. The minimum atomic E-state index is -0.185. The molecule has 0 aliphatic rings. The molecule has 0 heterocycles. The van der Waals surface area contributed by atoms with Gasteiger partial charge in [0, 0.05) is 16.7 Å². The van der Waals surface area contributed by atoms with E-state index in [1.54, 1.807) is 12.1 Å².